The zero-order valence-electron chi connectivity index (χ0n) is 12.2. The van der Waals surface area contributed by atoms with Crippen molar-refractivity contribution in [2.24, 2.45) is 5.92 Å². The lowest BCUT2D eigenvalue weighted by Crippen LogP contribution is -2.36. The van der Waals surface area contributed by atoms with Crippen molar-refractivity contribution >= 4 is 23.6 Å². The average molecular weight is 309 g/mol. The molecular formula is C14H19N3O5. The minimum absolute atomic E-state index is 0.0167. The summed E-state index contributed by atoms with van der Waals surface area (Å²) in [5.74, 6) is -1.08. The lowest BCUT2D eigenvalue weighted by Gasteiger charge is -2.20. The number of amides is 2. The molecule has 22 heavy (non-hydrogen) atoms. The molecule has 1 heterocycles. The number of aromatic nitrogens is 1. The molecule has 0 aliphatic heterocycles. The van der Waals surface area contributed by atoms with Crippen LogP contribution in [-0.4, -0.2) is 36.1 Å². The Bertz CT molecular complexity index is 509. The lowest BCUT2D eigenvalue weighted by atomic mass is 9.89. The highest BCUT2D eigenvalue weighted by molar-refractivity contribution is 5.92. The van der Waals surface area contributed by atoms with Crippen LogP contribution in [0.4, 0.5) is 5.82 Å². The van der Waals surface area contributed by atoms with Gasteiger partial charge in [-0.3, -0.25) is 14.4 Å². The van der Waals surface area contributed by atoms with Crippen molar-refractivity contribution in [2.45, 2.75) is 32.1 Å². The zero-order chi connectivity index (χ0) is 15.8. The van der Waals surface area contributed by atoms with Crippen LogP contribution in [0, 0.1) is 5.92 Å². The number of hydrogen-bond acceptors (Lipinski definition) is 6. The summed E-state index contributed by atoms with van der Waals surface area (Å²) >= 11 is 0. The van der Waals surface area contributed by atoms with Crippen LogP contribution in [0.3, 0.4) is 0 Å². The lowest BCUT2D eigenvalue weighted by molar-refractivity contribution is -0.147. The molecule has 0 unspecified atom stereocenters. The first kappa shape index (κ1) is 16.0. The number of ether oxygens (including phenoxy) is 1. The van der Waals surface area contributed by atoms with Crippen LogP contribution < -0.4 is 10.6 Å². The van der Waals surface area contributed by atoms with Crippen molar-refractivity contribution in [1.29, 1.82) is 0 Å². The van der Waals surface area contributed by atoms with E-state index in [-0.39, 0.29) is 24.2 Å². The Morgan fingerprint density at radius 1 is 1.27 bits per heavy atom. The minimum atomic E-state index is -0.653. The van der Waals surface area contributed by atoms with Gasteiger partial charge in [-0.15, -0.1) is 0 Å². The van der Waals surface area contributed by atoms with Crippen LogP contribution in [-0.2, 0) is 19.1 Å². The predicted molar refractivity (Wildman–Crippen MR) is 75.7 cm³/mol. The summed E-state index contributed by atoms with van der Waals surface area (Å²) in [6.07, 6.45) is 6.28. The first-order chi connectivity index (χ1) is 10.6. The molecule has 2 amide bonds. The number of nitrogens with zero attached hydrogens (tertiary/aromatic N) is 1. The van der Waals surface area contributed by atoms with E-state index < -0.39 is 18.5 Å². The van der Waals surface area contributed by atoms with Crippen LogP contribution in [0.5, 0.6) is 0 Å². The molecule has 120 valence electrons. The van der Waals surface area contributed by atoms with E-state index in [1.807, 2.05) is 0 Å². The number of esters is 1. The van der Waals surface area contributed by atoms with Gasteiger partial charge in [-0.1, -0.05) is 24.4 Å². The highest BCUT2D eigenvalue weighted by Crippen LogP contribution is 2.23. The molecule has 0 bridgehead atoms. The molecule has 1 aromatic heterocycles. The third-order valence-electron chi connectivity index (χ3n) is 3.45. The Morgan fingerprint density at radius 2 is 2.05 bits per heavy atom. The Morgan fingerprint density at radius 3 is 2.73 bits per heavy atom. The molecule has 1 aliphatic rings. The number of hydrogen-bond donors (Lipinski definition) is 2. The normalized spacial score (nSPS) is 15.1. The van der Waals surface area contributed by atoms with E-state index in [9.17, 15) is 14.4 Å². The molecule has 0 saturated heterocycles. The zero-order valence-corrected chi connectivity index (χ0v) is 12.2. The quantitative estimate of drug-likeness (QED) is 0.754. The van der Waals surface area contributed by atoms with Crippen molar-refractivity contribution in [1.82, 2.24) is 10.5 Å². The number of carbonyl (C=O) groups is 3. The summed E-state index contributed by atoms with van der Waals surface area (Å²) in [5, 5.41) is 8.42. The monoisotopic (exact) mass is 309 g/mol. The SMILES string of the molecule is O=C(COC(=O)CNC(=O)C1CCCCC1)Nc1ccon1. The van der Waals surface area contributed by atoms with Gasteiger partial charge in [0, 0.05) is 12.0 Å². The van der Waals surface area contributed by atoms with Gasteiger partial charge in [0.1, 0.15) is 12.8 Å². The third-order valence-corrected chi connectivity index (χ3v) is 3.45. The van der Waals surface area contributed by atoms with Gasteiger partial charge in [0.2, 0.25) is 5.91 Å². The van der Waals surface area contributed by atoms with Crippen LogP contribution in [0.25, 0.3) is 0 Å². The van der Waals surface area contributed by atoms with E-state index in [1.165, 1.54) is 12.3 Å². The highest BCUT2D eigenvalue weighted by Gasteiger charge is 2.21. The molecule has 1 aromatic rings. The molecule has 2 N–H and O–H groups in total. The summed E-state index contributed by atoms with van der Waals surface area (Å²) in [5.41, 5.74) is 0. The molecule has 1 saturated carbocycles. The van der Waals surface area contributed by atoms with Crippen LogP contribution in [0.1, 0.15) is 32.1 Å². The van der Waals surface area contributed by atoms with Crippen molar-refractivity contribution in [3.63, 3.8) is 0 Å². The second-order valence-electron chi connectivity index (χ2n) is 5.15. The maximum atomic E-state index is 11.8. The van der Waals surface area contributed by atoms with E-state index >= 15 is 0 Å². The molecule has 8 heteroatoms. The number of nitrogens with one attached hydrogen (secondary N) is 2. The number of rotatable bonds is 6. The molecule has 1 fully saturated rings. The minimum Gasteiger partial charge on any atom is -0.454 e. The van der Waals surface area contributed by atoms with E-state index in [4.69, 9.17) is 4.74 Å². The summed E-state index contributed by atoms with van der Waals surface area (Å²) in [6, 6.07) is 1.46. The Balaban J connectivity index is 1.61. The summed E-state index contributed by atoms with van der Waals surface area (Å²) in [7, 11) is 0. The topological polar surface area (TPSA) is 111 Å². The molecule has 0 aromatic carbocycles. The fourth-order valence-electron chi connectivity index (χ4n) is 2.32. The van der Waals surface area contributed by atoms with Crippen molar-refractivity contribution in [3.8, 4) is 0 Å². The molecule has 2 rings (SSSR count). The largest absolute Gasteiger partial charge is 0.454 e. The molecule has 1 aliphatic carbocycles. The van der Waals surface area contributed by atoms with E-state index in [2.05, 4.69) is 20.3 Å². The van der Waals surface area contributed by atoms with Crippen LogP contribution in [0.2, 0.25) is 0 Å². The van der Waals surface area contributed by atoms with Gasteiger partial charge in [0.05, 0.1) is 0 Å². The molecular weight excluding hydrogens is 290 g/mol. The fourth-order valence-corrected chi connectivity index (χ4v) is 2.32. The van der Waals surface area contributed by atoms with Gasteiger partial charge in [-0.05, 0) is 12.8 Å². The van der Waals surface area contributed by atoms with Gasteiger partial charge >= 0.3 is 5.97 Å². The summed E-state index contributed by atoms with van der Waals surface area (Å²) in [4.78, 5) is 34.8. The Labute approximate surface area is 127 Å². The summed E-state index contributed by atoms with van der Waals surface area (Å²) < 4.78 is 9.31. The Hall–Kier alpha value is -2.38. The van der Waals surface area contributed by atoms with Crippen LogP contribution >= 0.6 is 0 Å². The van der Waals surface area contributed by atoms with Crippen LogP contribution in [0.15, 0.2) is 16.9 Å². The molecule has 0 spiro atoms. The number of carbonyl (C=O) groups excluding carboxylic acids is 3. The second kappa shape index (κ2) is 8.16. The molecule has 0 atom stereocenters. The van der Waals surface area contributed by atoms with E-state index in [0.29, 0.717) is 0 Å². The van der Waals surface area contributed by atoms with Crippen molar-refractivity contribution in [3.05, 3.63) is 12.3 Å². The molecule has 0 radical (unpaired) electrons. The average Bonchev–Trinajstić information content (AvgIpc) is 3.04. The smallest absolute Gasteiger partial charge is 0.325 e. The van der Waals surface area contributed by atoms with E-state index in [1.54, 1.807) is 0 Å². The van der Waals surface area contributed by atoms with Gasteiger partial charge in [0.25, 0.3) is 5.91 Å². The predicted octanol–water partition coefficient (Wildman–Crippen LogP) is 0.853. The van der Waals surface area contributed by atoms with E-state index in [0.717, 1.165) is 32.1 Å². The van der Waals surface area contributed by atoms with Gasteiger partial charge in [-0.2, -0.15) is 0 Å². The first-order valence-corrected chi connectivity index (χ1v) is 7.28. The first-order valence-electron chi connectivity index (χ1n) is 7.28. The maximum Gasteiger partial charge on any atom is 0.325 e. The fraction of sp³-hybridized carbons (Fsp3) is 0.571. The number of anilines is 1. The highest BCUT2D eigenvalue weighted by atomic mass is 16.5. The third kappa shape index (κ3) is 5.19. The molecule has 8 nitrogen and oxygen atoms in total. The maximum absolute atomic E-state index is 11.8. The Kier molecular flexibility index (Phi) is 5.93. The van der Waals surface area contributed by atoms with Gasteiger partial charge in [-0.25, -0.2) is 0 Å². The van der Waals surface area contributed by atoms with Crippen molar-refractivity contribution < 1.29 is 23.6 Å². The van der Waals surface area contributed by atoms with Gasteiger partial charge < -0.3 is 19.9 Å². The second-order valence-corrected chi connectivity index (χ2v) is 5.15. The summed E-state index contributed by atoms with van der Waals surface area (Å²) in [6.45, 7) is -0.669. The van der Waals surface area contributed by atoms with Gasteiger partial charge in [0.15, 0.2) is 12.4 Å². The standard InChI is InChI=1S/C14H19N3O5/c18-12(16-11-6-7-22-17-11)9-21-13(19)8-15-14(20)10-4-2-1-3-5-10/h6-7,10H,1-5,8-9H2,(H,15,20)(H,16,17,18). The van der Waals surface area contributed by atoms with Crippen molar-refractivity contribution in [2.75, 3.05) is 18.5 Å².